The lowest BCUT2D eigenvalue weighted by molar-refractivity contribution is -0.907. The summed E-state index contributed by atoms with van der Waals surface area (Å²) in [5, 5.41) is 0. The average molecular weight is 218 g/mol. The minimum Gasteiger partial charge on any atom is -0.329 e. The molecule has 0 bridgehead atoms. The van der Waals surface area contributed by atoms with Crippen molar-refractivity contribution in [2.45, 2.75) is 34.1 Å². The first-order valence-electron chi connectivity index (χ1n) is 6.47. The van der Waals surface area contributed by atoms with Crippen molar-refractivity contribution in [3.63, 3.8) is 0 Å². The standard InChI is InChI=1S/C11H28N2.C2H6/c1-7-12(3,4)10-9-11-13(5,6)8-2;1-2/h7-11H2,1-6H3;1-2H3/q+2;. The molecule has 2 nitrogen and oxygen atoms in total. The van der Waals surface area contributed by atoms with Gasteiger partial charge < -0.3 is 8.97 Å². The summed E-state index contributed by atoms with van der Waals surface area (Å²) in [7, 11) is 9.25. The van der Waals surface area contributed by atoms with Gasteiger partial charge >= 0.3 is 0 Å². The predicted octanol–water partition coefficient (Wildman–Crippen LogP) is 2.60. The summed E-state index contributed by atoms with van der Waals surface area (Å²) in [6.07, 6.45) is 1.34. The van der Waals surface area contributed by atoms with Crippen LogP contribution in [0.3, 0.4) is 0 Å². The molecule has 0 atom stereocenters. The van der Waals surface area contributed by atoms with E-state index < -0.39 is 0 Å². The third-order valence-electron chi connectivity index (χ3n) is 3.24. The Bertz CT molecular complexity index is 123. The van der Waals surface area contributed by atoms with Gasteiger partial charge in [0.25, 0.3) is 0 Å². The van der Waals surface area contributed by atoms with Crippen molar-refractivity contribution in [1.82, 2.24) is 0 Å². The Morgan fingerprint density at radius 3 is 1.13 bits per heavy atom. The molecule has 0 spiro atoms. The molecule has 0 aliphatic carbocycles. The van der Waals surface area contributed by atoms with E-state index in [1.54, 1.807) is 0 Å². The van der Waals surface area contributed by atoms with Crippen molar-refractivity contribution in [3.05, 3.63) is 0 Å². The Morgan fingerprint density at radius 2 is 0.933 bits per heavy atom. The number of hydrogen-bond acceptors (Lipinski definition) is 0. The zero-order valence-corrected chi connectivity index (χ0v) is 12.4. The van der Waals surface area contributed by atoms with E-state index >= 15 is 0 Å². The van der Waals surface area contributed by atoms with Crippen molar-refractivity contribution in [2.24, 2.45) is 0 Å². The normalized spacial score (nSPS) is 12.0. The first-order valence-corrected chi connectivity index (χ1v) is 6.47. The third kappa shape index (κ3) is 10.2. The van der Waals surface area contributed by atoms with Crippen molar-refractivity contribution >= 4 is 0 Å². The second-order valence-electron chi connectivity index (χ2n) is 5.30. The molecule has 2 heteroatoms. The summed E-state index contributed by atoms with van der Waals surface area (Å²) in [4.78, 5) is 0. The molecule has 15 heavy (non-hydrogen) atoms. The van der Waals surface area contributed by atoms with Gasteiger partial charge in [0.05, 0.1) is 54.4 Å². The molecule has 0 aliphatic rings. The lowest BCUT2D eigenvalue weighted by Gasteiger charge is -2.32. The Hall–Kier alpha value is -0.0800. The fraction of sp³-hybridized carbons (Fsp3) is 1.00. The average Bonchev–Trinajstić information content (AvgIpc) is 2.20. The van der Waals surface area contributed by atoms with Gasteiger partial charge in [-0.2, -0.15) is 0 Å². The van der Waals surface area contributed by atoms with E-state index in [1.807, 2.05) is 13.8 Å². The maximum Gasteiger partial charge on any atom is 0.0836 e. The topological polar surface area (TPSA) is 0 Å². The molecule has 0 aliphatic heterocycles. The summed E-state index contributed by atoms with van der Waals surface area (Å²) in [6, 6.07) is 0. The minimum absolute atomic E-state index is 1.16. The van der Waals surface area contributed by atoms with E-state index in [2.05, 4.69) is 42.0 Å². The van der Waals surface area contributed by atoms with Crippen LogP contribution in [0.2, 0.25) is 0 Å². The summed E-state index contributed by atoms with van der Waals surface area (Å²) >= 11 is 0. The first-order chi connectivity index (χ1) is 6.83. The highest BCUT2D eigenvalue weighted by Crippen LogP contribution is 2.03. The number of rotatable bonds is 6. The lowest BCUT2D eigenvalue weighted by atomic mass is 10.3. The van der Waals surface area contributed by atoms with Crippen LogP contribution < -0.4 is 0 Å². The predicted molar refractivity (Wildman–Crippen MR) is 71.0 cm³/mol. The van der Waals surface area contributed by atoms with Crippen LogP contribution in [0.1, 0.15) is 34.1 Å². The van der Waals surface area contributed by atoms with E-state index in [0.717, 1.165) is 8.97 Å². The molecule has 0 aromatic heterocycles. The maximum atomic E-state index is 2.31. The van der Waals surface area contributed by atoms with Crippen molar-refractivity contribution in [2.75, 3.05) is 54.4 Å². The highest BCUT2D eigenvalue weighted by Gasteiger charge is 2.16. The van der Waals surface area contributed by atoms with Gasteiger partial charge in [0.1, 0.15) is 0 Å². The molecule has 0 radical (unpaired) electrons. The monoisotopic (exact) mass is 218 g/mol. The van der Waals surface area contributed by atoms with Crippen LogP contribution in [0.4, 0.5) is 0 Å². The van der Waals surface area contributed by atoms with E-state index in [4.69, 9.17) is 0 Å². The Balaban J connectivity index is 0. The lowest BCUT2D eigenvalue weighted by Crippen LogP contribution is -2.45. The molecule has 0 heterocycles. The van der Waals surface area contributed by atoms with E-state index in [1.165, 1.54) is 32.6 Å². The van der Waals surface area contributed by atoms with Crippen molar-refractivity contribution < 1.29 is 8.97 Å². The molecule has 0 saturated heterocycles. The van der Waals surface area contributed by atoms with Crippen LogP contribution in [0, 0.1) is 0 Å². The fourth-order valence-corrected chi connectivity index (χ4v) is 1.24. The number of hydrogen-bond donors (Lipinski definition) is 0. The molecule has 0 N–H and O–H groups in total. The zero-order chi connectivity index (χ0) is 12.5. The number of nitrogens with zero attached hydrogens (tertiary/aromatic N) is 2. The molecule has 0 rings (SSSR count). The molecule has 0 amide bonds. The SMILES string of the molecule is CC.CC[N+](C)(C)CCC[N+](C)(C)CC. The van der Waals surface area contributed by atoms with Crippen molar-refractivity contribution in [3.8, 4) is 0 Å². The number of quaternary nitrogens is 2. The van der Waals surface area contributed by atoms with Crippen molar-refractivity contribution in [1.29, 1.82) is 0 Å². The zero-order valence-electron chi connectivity index (χ0n) is 12.4. The van der Waals surface area contributed by atoms with Crippen LogP contribution in [-0.4, -0.2) is 63.3 Å². The molecular weight excluding hydrogens is 184 g/mol. The summed E-state index contributed by atoms with van der Waals surface area (Å²) < 4.78 is 2.31. The van der Waals surface area contributed by atoms with Gasteiger partial charge in [0.15, 0.2) is 0 Å². The Kier molecular flexibility index (Phi) is 9.37. The largest absolute Gasteiger partial charge is 0.329 e. The van der Waals surface area contributed by atoms with Gasteiger partial charge in [-0.15, -0.1) is 0 Å². The summed E-state index contributed by atoms with van der Waals surface area (Å²) in [5.74, 6) is 0. The molecule has 0 aromatic rings. The summed E-state index contributed by atoms with van der Waals surface area (Å²) in [5.41, 5.74) is 0. The highest BCUT2D eigenvalue weighted by molar-refractivity contribution is 4.36. The molecular formula is C13H34N2+2. The quantitative estimate of drug-likeness (QED) is 0.601. The molecule has 0 unspecified atom stereocenters. The highest BCUT2D eigenvalue weighted by atomic mass is 15.3. The first kappa shape index (κ1) is 17.3. The minimum atomic E-state index is 1.16. The van der Waals surface area contributed by atoms with Crippen LogP contribution in [0.15, 0.2) is 0 Å². The van der Waals surface area contributed by atoms with Crippen LogP contribution in [0.5, 0.6) is 0 Å². The summed E-state index contributed by atoms with van der Waals surface area (Å²) in [6.45, 7) is 13.6. The van der Waals surface area contributed by atoms with E-state index in [9.17, 15) is 0 Å². The molecule has 0 fully saturated rings. The van der Waals surface area contributed by atoms with E-state index in [0.29, 0.717) is 0 Å². The Morgan fingerprint density at radius 1 is 0.667 bits per heavy atom. The maximum absolute atomic E-state index is 2.31. The van der Waals surface area contributed by atoms with Gasteiger partial charge in [-0.3, -0.25) is 0 Å². The van der Waals surface area contributed by atoms with E-state index in [-0.39, 0.29) is 0 Å². The smallest absolute Gasteiger partial charge is 0.0836 e. The van der Waals surface area contributed by atoms with Crippen LogP contribution in [-0.2, 0) is 0 Å². The van der Waals surface area contributed by atoms with Gasteiger partial charge in [-0.05, 0) is 13.8 Å². The second-order valence-corrected chi connectivity index (χ2v) is 5.30. The van der Waals surface area contributed by atoms with Gasteiger partial charge in [-0.1, -0.05) is 13.8 Å². The molecule has 94 valence electrons. The molecule has 0 aromatic carbocycles. The van der Waals surface area contributed by atoms with Crippen LogP contribution in [0.25, 0.3) is 0 Å². The third-order valence-corrected chi connectivity index (χ3v) is 3.24. The second kappa shape index (κ2) is 8.12. The van der Waals surface area contributed by atoms with Gasteiger partial charge in [0.2, 0.25) is 0 Å². The Labute approximate surface area is 98.1 Å². The van der Waals surface area contributed by atoms with Gasteiger partial charge in [0, 0.05) is 6.42 Å². The fourth-order valence-electron chi connectivity index (χ4n) is 1.24. The van der Waals surface area contributed by atoms with Gasteiger partial charge in [-0.25, -0.2) is 0 Å². The molecule has 0 saturated carbocycles. The van der Waals surface area contributed by atoms with Crippen LogP contribution >= 0.6 is 0 Å².